The zero-order valence-electron chi connectivity index (χ0n) is 17.9. The molecule has 0 unspecified atom stereocenters. The first kappa shape index (κ1) is 24.4. The van der Waals surface area contributed by atoms with E-state index in [0.29, 0.717) is 18.2 Å². The zero-order chi connectivity index (χ0) is 21.2. The van der Waals surface area contributed by atoms with Gasteiger partial charge in [0.1, 0.15) is 23.7 Å². The number of ether oxygens (including phenoxy) is 2. The van der Waals surface area contributed by atoms with E-state index in [2.05, 4.69) is 37.7 Å². The topological polar surface area (TPSA) is 98.5 Å². The molecule has 2 aromatic heterocycles. The zero-order valence-corrected chi connectivity index (χ0v) is 20.2. The van der Waals surface area contributed by atoms with Crippen molar-refractivity contribution in [1.82, 2.24) is 30.4 Å². The largest absolute Gasteiger partial charge is 0.497 e. The molecule has 0 fully saturated rings. The number of halogens is 1. The van der Waals surface area contributed by atoms with Gasteiger partial charge in [-0.25, -0.2) is 4.98 Å². The molecule has 0 aliphatic rings. The molecule has 0 aliphatic heterocycles. The van der Waals surface area contributed by atoms with Gasteiger partial charge in [-0.15, -0.1) is 34.2 Å². The molecule has 1 aromatic carbocycles. The molecule has 2 N–H and O–H groups in total. The van der Waals surface area contributed by atoms with Crippen molar-refractivity contribution in [2.75, 3.05) is 20.7 Å². The Morgan fingerprint density at radius 1 is 1.10 bits per heavy atom. The lowest BCUT2D eigenvalue weighted by Crippen LogP contribution is -2.38. The van der Waals surface area contributed by atoms with E-state index in [1.807, 2.05) is 41.0 Å². The highest BCUT2D eigenvalue weighted by atomic mass is 127. The number of hydrogen-bond donors (Lipinski definition) is 2. The lowest BCUT2D eigenvalue weighted by Gasteiger charge is -2.13. The summed E-state index contributed by atoms with van der Waals surface area (Å²) in [6.07, 6.45) is 4.39. The van der Waals surface area contributed by atoms with Crippen molar-refractivity contribution in [3.05, 3.63) is 60.3 Å². The first-order valence-corrected chi connectivity index (χ1v) is 9.80. The summed E-state index contributed by atoms with van der Waals surface area (Å²) >= 11 is 0. The summed E-state index contributed by atoms with van der Waals surface area (Å²) < 4.78 is 12.9. The van der Waals surface area contributed by atoms with E-state index in [0.717, 1.165) is 42.6 Å². The van der Waals surface area contributed by atoms with Crippen LogP contribution in [0.25, 0.3) is 0 Å². The molecule has 0 amide bonds. The van der Waals surface area contributed by atoms with E-state index in [1.165, 1.54) is 0 Å². The lowest BCUT2D eigenvalue weighted by atomic mass is 10.3. The average molecular weight is 537 g/mol. The fraction of sp³-hybridized carbons (Fsp3) is 0.333. The summed E-state index contributed by atoms with van der Waals surface area (Å²) in [5.74, 6) is 3.72. The SMILES string of the molecule is CCc1nncn1CCNC(=NC)NCc1ccc(Oc2ccc(OC)cc2)nc1.I. The number of rotatable bonds is 9. The molecule has 0 bridgehead atoms. The van der Waals surface area contributed by atoms with Crippen LogP contribution in [0.2, 0.25) is 0 Å². The molecule has 9 nitrogen and oxygen atoms in total. The van der Waals surface area contributed by atoms with Crippen LogP contribution in [0.5, 0.6) is 17.4 Å². The standard InChI is InChI=1S/C21H27N7O2.HI/c1-4-19-27-26-15-28(19)12-11-23-21(22-2)25-14-16-5-10-20(24-13-16)30-18-8-6-17(29-3)7-9-18;/h5-10,13,15H,4,11-12,14H2,1-3H3,(H2,22,23,25);1H. The Labute approximate surface area is 199 Å². The highest BCUT2D eigenvalue weighted by Crippen LogP contribution is 2.22. The predicted octanol–water partition coefficient (Wildman–Crippen LogP) is 3.02. The second kappa shape index (κ2) is 12.7. The molecule has 0 spiro atoms. The molecule has 0 aliphatic carbocycles. The number of guanidine groups is 1. The van der Waals surface area contributed by atoms with Crippen molar-refractivity contribution < 1.29 is 9.47 Å². The van der Waals surface area contributed by atoms with Gasteiger partial charge < -0.3 is 24.7 Å². The maximum absolute atomic E-state index is 5.75. The summed E-state index contributed by atoms with van der Waals surface area (Å²) in [5, 5.41) is 14.6. The second-order valence-corrected chi connectivity index (χ2v) is 6.43. The number of pyridine rings is 1. The van der Waals surface area contributed by atoms with Gasteiger partial charge in [-0.05, 0) is 29.8 Å². The van der Waals surface area contributed by atoms with Crippen molar-refractivity contribution in [2.45, 2.75) is 26.4 Å². The van der Waals surface area contributed by atoms with Crippen LogP contribution in [-0.2, 0) is 19.5 Å². The third-order valence-corrected chi connectivity index (χ3v) is 4.42. The first-order valence-electron chi connectivity index (χ1n) is 9.80. The normalized spacial score (nSPS) is 10.9. The van der Waals surface area contributed by atoms with E-state index in [-0.39, 0.29) is 24.0 Å². The van der Waals surface area contributed by atoms with Crippen LogP contribution in [0.3, 0.4) is 0 Å². The minimum atomic E-state index is 0. The van der Waals surface area contributed by atoms with Crippen LogP contribution in [0.15, 0.2) is 53.9 Å². The van der Waals surface area contributed by atoms with E-state index >= 15 is 0 Å². The Balaban J connectivity index is 0.00000341. The van der Waals surface area contributed by atoms with Crippen LogP contribution in [0.1, 0.15) is 18.3 Å². The third kappa shape index (κ3) is 7.39. The fourth-order valence-electron chi connectivity index (χ4n) is 2.78. The summed E-state index contributed by atoms with van der Waals surface area (Å²) in [4.78, 5) is 8.61. The van der Waals surface area contributed by atoms with Crippen molar-refractivity contribution in [1.29, 1.82) is 0 Å². The summed E-state index contributed by atoms with van der Waals surface area (Å²) in [5.41, 5.74) is 1.02. The summed E-state index contributed by atoms with van der Waals surface area (Å²) in [7, 11) is 3.38. The van der Waals surface area contributed by atoms with Gasteiger partial charge >= 0.3 is 0 Å². The van der Waals surface area contributed by atoms with Crippen LogP contribution in [-0.4, -0.2) is 46.4 Å². The highest BCUT2D eigenvalue weighted by molar-refractivity contribution is 14.0. The van der Waals surface area contributed by atoms with Gasteiger partial charge in [-0.2, -0.15) is 0 Å². The van der Waals surface area contributed by atoms with Gasteiger partial charge in [0.05, 0.1) is 7.11 Å². The molecule has 2 heterocycles. The molecule has 0 radical (unpaired) electrons. The molecule has 166 valence electrons. The number of nitrogens with one attached hydrogen (secondary N) is 2. The van der Waals surface area contributed by atoms with Gasteiger partial charge in [0.25, 0.3) is 0 Å². The predicted molar refractivity (Wildman–Crippen MR) is 130 cm³/mol. The number of aliphatic imine (C=N–C) groups is 1. The van der Waals surface area contributed by atoms with Crippen LogP contribution in [0, 0.1) is 0 Å². The number of methoxy groups -OCH3 is 1. The minimum absolute atomic E-state index is 0. The summed E-state index contributed by atoms with van der Waals surface area (Å²) in [6, 6.07) is 11.2. The fourth-order valence-corrected chi connectivity index (χ4v) is 2.78. The number of hydrogen-bond acceptors (Lipinski definition) is 6. The van der Waals surface area contributed by atoms with Gasteiger partial charge in [0, 0.05) is 45.4 Å². The van der Waals surface area contributed by atoms with Crippen molar-refractivity contribution in [2.24, 2.45) is 4.99 Å². The molecular formula is C21H28IN7O2. The molecular weight excluding hydrogens is 509 g/mol. The van der Waals surface area contributed by atoms with E-state index in [4.69, 9.17) is 9.47 Å². The lowest BCUT2D eigenvalue weighted by molar-refractivity contribution is 0.412. The van der Waals surface area contributed by atoms with Gasteiger partial charge in [-0.3, -0.25) is 4.99 Å². The Morgan fingerprint density at radius 3 is 2.52 bits per heavy atom. The Morgan fingerprint density at radius 2 is 1.87 bits per heavy atom. The highest BCUT2D eigenvalue weighted by Gasteiger charge is 2.04. The molecule has 10 heteroatoms. The molecule has 31 heavy (non-hydrogen) atoms. The Bertz CT molecular complexity index is 943. The number of nitrogens with zero attached hydrogens (tertiary/aromatic N) is 5. The molecule has 3 aromatic rings. The smallest absolute Gasteiger partial charge is 0.219 e. The quantitative estimate of drug-likeness (QED) is 0.246. The van der Waals surface area contributed by atoms with Crippen LogP contribution >= 0.6 is 24.0 Å². The molecule has 3 rings (SSSR count). The first-order chi connectivity index (χ1) is 14.7. The Kier molecular flexibility index (Phi) is 10.0. The monoisotopic (exact) mass is 537 g/mol. The van der Waals surface area contributed by atoms with Gasteiger partial charge in [-0.1, -0.05) is 13.0 Å². The van der Waals surface area contributed by atoms with E-state index < -0.39 is 0 Å². The summed E-state index contributed by atoms with van der Waals surface area (Å²) in [6.45, 7) is 4.16. The van der Waals surface area contributed by atoms with Crippen molar-refractivity contribution in [3.63, 3.8) is 0 Å². The molecule has 0 saturated carbocycles. The van der Waals surface area contributed by atoms with E-state index in [1.54, 1.807) is 26.7 Å². The molecule has 0 saturated heterocycles. The average Bonchev–Trinajstić information content (AvgIpc) is 3.25. The van der Waals surface area contributed by atoms with Crippen LogP contribution in [0.4, 0.5) is 0 Å². The van der Waals surface area contributed by atoms with Gasteiger partial charge in [0.15, 0.2) is 5.96 Å². The number of aromatic nitrogens is 4. The van der Waals surface area contributed by atoms with Crippen molar-refractivity contribution >= 4 is 29.9 Å². The maximum atomic E-state index is 5.75. The number of benzene rings is 1. The maximum Gasteiger partial charge on any atom is 0.219 e. The minimum Gasteiger partial charge on any atom is -0.497 e. The Hall–Kier alpha value is -2.89. The molecule has 0 atom stereocenters. The number of aryl methyl sites for hydroxylation is 1. The van der Waals surface area contributed by atoms with Crippen molar-refractivity contribution in [3.8, 4) is 17.4 Å². The van der Waals surface area contributed by atoms with E-state index in [9.17, 15) is 0 Å². The van der Waals surface area contributed by atoms with Crippen LogP contribution < -0.4 is 20.1 Å². The third-order valence-electron chi connectivity index (χ3n) is 4.42. The van der Waals surface area contributed by atoms with Gasteiger partial charge in [0.2, 0.25) is 5.88 Å². The second-order valence-electron chi connectivity index (χ2n) is 6.43.